The lowest BCUT2D eigenvalue weighted by atomic mass is 10.0. The molecule has 0 aliphatic carbocycles. The van der Waals surface area contributed by atoms with Crippen LogP contribution in [0.3, 0.4) is 0 Å². The van der Waals surface area contributed by atoms with Crippen molar-refractivity contribution >= 4 is 11.6 Å². The first kappa shape index (κ1) is 11.5. The molecule has 78 valence electrons. The maximum atomic E-state index is 5.93. The molecule has 0 fully saturated rings. The Balaban J connectivity index is 2.57. The van der Waals surface area contributed by atoms with Crippen molar-refractivity contribution in [3.05, 3.63) is 34.9 Å². The van der Waals surface area contributed by atoms with Crippen molar-refractivity contribution < 1.29 is 0 Å². The van der Waals surface area contributed by atoms with E-state index in [1.54, 1.807) is 0 Å². The normalized spacial score (nSPS) is 12.8. The van der Waals surface area contributed by atoms with Crippen molar-refractivity contribution in [2.45, 2.75) is 32.2 Å². The first-order valence-corrected chi connectivity index (χ1v) is 5.55. The van der Waals surface area contributed by atoms with Crippen LogP contribution < -0.4 is 5.32 Å². The second kappa shape index (κ2) is 6.05. The van der Waals surface area contributed by atoms with Crippen LogP contribution in [0.15, 0.2) is 24.3 Å². The molecule has 0 spiro atoms. The third-order valence-corrected chi connectivity index (χ3v) is 2.65. The third-order valence-electron chi connectivity index (χ3n) is 2.42. The molecule has 2 heteroatoms. The van der Waals surface area contributed by atoms with Crippen LogP contribution in [0.1, 0.15) is 25.3 Å². The number of hydrogen-bond acceptors (Lipinski definition) is 1. The molecule has 0 aliphatic rings. The van der Waals surface area contributed by atoms with Crippen LogP contribution in [0.2, 0.25) is 5.02 Å². The van der Waals surface area contributed by atoms with E-state index >= 15 is 0 Å². The van der Waals surface area contributed by atoms with E-state index in [4.69, 9.17) is 11.6 Å². The summed E-state index contributed by atoms with van der Waals surface area (Å²) < 4.78 is 0. The molecule has 0 saturated carbocycles. The van der Waals surface area contributed by atoms with Gasteiger partial charge in [0.25, 0.3) is 0 Å². The molecule has 0 aliphatic heterocycles. The zero-order valence-electron chi connectivity index (χ0n) is 8.89. The standard InChI is InChI=1S/C12H18ClN/c1-3-5-12(14-2)9-10-6-4-7-11(13)8-10/h4,6-8,12,14H,3,5,9H2,1-2H3. The highest BCUT2D eigenvalue weighted by Gasteiger charge is 2.05. The summed E-state index contributed by atoms with van der Waals surface area (Å²) in [4.78, 5) is 0. The number of benzene rings is 1. The maximum absolute atomic E-state index is 5.93. The molecule has 0 heterocycles. The fourth-order valence-corrected chi connectivity index (χ4v) is 1.86. The van der Waals surface area contributed by atoms with E-state index in [-0.39, 0.29) is 0 Å². The Labute approximate surface area is 91.5 Å². The van der Waals surface area contributed by atoms with E-state index in [9.17, 15) is 0 Å². The molecule has 0 aromatic heterocycles. The van der Waals surface area contributed by atoms with Crippen LogP contribution in [0, 0.1) is 0 Å². The van der Waals surface area contributed by atoms with Crippen LogP contribution in [-0.4, -0.2) is 13.1 Å². The van der Waals surface area contributed by atoms with E-state index in [1.807, 2.05) is 25.2 Å². The van der Waals surface area contributed by atoms with E-state index < -0.39 is 0 Å². The van der Waals surface area contributed by atoms with Gasteiger partial charge in [-0.3, -0.25) is 0 Å². The highest BCUT2D eigenvalue weighted by molar-refractivity contribution is 6.30. The van der Waals surface area contributed by atoms with Gasteiger partial charge in [-0.15, -0.1) is 0 Å². The van der Waals surface area contributed by atoms with E-state index in [1.165, 1.54) is 18.4 Å². The van der Waals surface area contributed by atoms with Gasteiger partial charge in [-0.2, -0.15) is 0 Å². The summed E-state index contributed by atoms with van der Waals surface area (Å²) >= 11 is 5.93. The van der Waals surface area contributed by atoms with Gasteiger partial charge in [-0.05, 0) is 37.6 Å². The number of rotatable bonds is 5. The summed E-state index contributed by atoms with van der Waals surface area (Å²) in [7, 11) is 2.02. The van der Waals surface area contributed by atoms with E-state index in [0.29, 0.717) is 6.04 Å². The van der Waals surface area contributed by atoms with Crippen LogP contribution in [-0.2, 0) is 6.42 Å². The van der Waals surface area contributed by atoms with Crippen molar-refractivity contribution in [2.75, 3.05) is 7.05 Å². The first-order valence-electron chi connectivity index (χ1n) is 5.18. The first-order chi connectivity index (χ1) is 6.76. The molecule has 14 heavy (non-hydrogen) atoms. The average molecular weight is 212 g/mol. The smallest absolute Gasteiger partial charge is 0.0408 e. The molecule has 1 rings (SSSR count). The predicted octanol–water partition coefficient (Wildman–Crippen LogP) is 3.27. The molecule has 1 atom stereocenters. The van der Waals surface area contributed by atoms with Crippen LogP contribution in [0.25, 0.3) is 0 Å². The van der Waals surface area contributed by atoms with Crippen molar-refractivity contribution in [1.82, 2.24) is 5.32 Å². The predicted molar refractivity (Wildman–Crippen MR) is 62.9 cm³/mol. The van der Waals surface area contributed by atoms with Gasteiger partial charge in [0.2, 0.25) is 0 Å². The summed E-state index contributed by atoms with van der Waals surface area (Å²) in [6.45, 7) is 2.21. The largest absolute Gasteiger partial charge is 0.317 e. The van der Waals surface area contributed by atoms with Gasteiger partial charge in [-0.25, -0.2) is 0 Å². The molecule has 1 aromatic rings. The SMILES string of the molecule is CCCC(Cc1cccc(Cl)c1)NC. The number of halogens is 1. The molecule has 0 saturated heterocycles. The number of likely N-dealkylation sites (N-methyl/N-ethyl adjacent to an activating group) is 1. The summed E-state index contributed by atoms with van der Waals surface area (Å²) in [5.41, 5.74) is 1.31. The molecule has 0 amide bonds. The number of hydrogen-bond donors (Lipinski definition) is 1. The van der Waals surface area contributed by atoms with E-state index in [2.05, 4.69) is 18.3 Å². The van der Waals surface area contributed by atoms with Gasteiger partial charge in [0.15, 0.2) is 0 Å². The molecular weight excluding hydrogens is 194 g/mol. The lowest BCUT2D eigenvalue weighted by molar-refractivity contribution is 0.514. The monoisotopic (exact) mass is 211 g/mol. The molecule has 0 bridgehead atoms. The summed E-state index contributed by atoms with van der Waals surface area (Å²) in [5.74, 6) is 0. The van der Waals surface area contributed by atoms with Gasteiger partial charge >= 0.3 is 0 Å². The summed E-state index contributed by atoms with van der Waals surface area (Å²) in [6.07, 6.45) is 3.49. The summed E-state index contributed by atoms with van der Waals surface area (Å²) in [6, 6.07) is 8.67. The molecule has 1 unspecified atom stereocenters. The molecule has 1 nitrogen and oxygen atoms in total. The zero-order valence-corrected chi connectivity index (χ0v) is 9.64. The lowest BCUT2D eigenvalue weighted by Gasteiger charge is -2.15. The quantitative estimate of drug-likeness (QED) is 0.789. The molecule has 1 N–H and O–H groups in total. The highest BCUT2D eigenvalue weighted by Crippen LogP contribution is 2.13. The Morgan fingerprint density at radius 2 is 2.21 bits per heavy atom. The van der Waals surface area contributed by atoms with Gasteiger partial charge < -0.3 is 5.32 Å². The Bertz CT molecular complexity index is 273. The molecule has 0 radical (unpaired) electrons. The van der Waals surface area contributed by atoms with E-state index in [0.717, 1.165) is 11.4 Å². The molecular formula is C12H18ClN. The fraction of sp³-hybridized carbons (Fsp3) is 0.500. The zero-order chi connectivity index (χ0) is 10.4. The van der Waals surface area contributed by atoms with Gasteiger partial charge in [-0.1, -0.05) is 37.1 Å². The van der Waals surface area contributed by atoms with Crippen LogP contribution in [0.4, 0.5) is 0 Å². The van der Waals surface area contributed by atoms with Gasteiger partial charge in [0.05, 0.1) is 0 Å². The highest BCUT2D eigenvalue weighted by atomic mass is 35.5. The third kappa shape index (κ3) is 3.69. The minimum absolute atomic E-state index is 0.568. The van der Waals surface area contributed by atoms with Gasteiger partial charge in [0.1, 0.15) is 0 Å². The Hall–Kier alpha value is -0.530. The second-order valence-corrected chi connectivity index (χ2v) is 4.04. The molecule has 1 aromatic carbocycles. The Morgan fingerprint density at radius 1 is 1.43 bits per heavy atom. The average Bonchev–Trinajstić information content (AvgIpc) is 2.17. The topological polar surface area (TPSA) is 12.0 Å². The minimum atomic E-state index is 0.568. The van der Waals surface area contributed by atoms with Gasteiger partial charge in [0, 0.05) is 11.1 Å². The van der Waals surface area contributed by atoms with Crippen molar-refractivity contribution in [1.29, 1.82) is 0 Å². The van der Waals surface area contributed by atoms with Crippen molar-refractivity contribution in [3.63, 3.8) is 0 Å². The Morgan fingerprint density at radius 3 is 2.79 bits per heavy atom. The fourth-order valence-electron chi connectivity index (χ4n) is 1.65. The summed E-state index contributed by atoms with van der Waals surface area (Å²) in [5, 5.41) is 4.16. The lowest BCUT2D eigenvalue weighted by Crippen LogP contribution is -2.27. The minimum Gasteiger partial charge on any atom is -0.317 e. The van der Waals surface area contributed by atoms with Crippen LogP contribution in [0.5, 0.6) is 0 Å². The van der Waals surface area contributed by atoms with Crippen molar-refractivity contribution in [2.24, 2.45) is 0 Å². The maximum Gasteiger partial charge on any atom is 0.0408 e. The van der Waals surface area contributed by atoms with Crippen molar-refractivity contribution in [3.8, 4) is 0 Å². The second-order valence-electron chi connectivity index (χ2n) is 3.61. The number of nitrogens with one attached hydrogen (secondary N) is 1. The van der Waals surface area contributed by atoms with Crippen LogP contribution >= 0.6 is 11.6 Å². The Kier molecular flexibility index (Phi) is 4.99.